The van der Waals surface area contributed by atoms with Gasteiger partial charge in [-0.1, -0.05) is 44.9 Å². The number of primary amides is 1. The second-order valence-electron chi connectivity index (χ2n) is 22.4. The molecule has 30 heteroatoms. The Hall–Kier alpha value is -7.87. The molecule has 0 spiro atoms. The van der Waals surface area contributed by atoms with Gasteiger partial charge in [-0.15, -0.1) is 0 Å². The molecule has 0 saturated carbocycles. The summed E-state index contributed by atoms with van der Waals surface area (Å²) in [5, 5.41) is 26.4. The minimum Gasteiger partial charge on any atom is -0.476 e. The van der Waals surface area contributed by atoms with Crippen LogP contribution in [0.3, 0.4) is 0 Å². The zero-order chi connectivity index (χ0) is 67.8. The molecular weight excluding hydrogens is 1230 g/mol. The number of urea groups is 1. The second kappa shape index (κ2) is 39.7. The van der Waals surface area contributed by atoms with Gasteiger partial charge in [-0.3, -0.25) is 24.0 Å². The number of carbonyl (C=O) groups is 6. The third-order valence-corrected chi connectivity index (χ3v) is 15.2. The lowest BCUT2D eigenvalue weighted by Crippen LogP contribution is -2.54. The van der Waals surface area contributed by atoms with Crippen molar-refractivity contribution in [2.75, 3.05) is 151 Å². The Morgan fingerprint density at radius 2 is 1.33 bits per heavy atom. The fourth-order valence-electron chi connectivity index (χ4n) is 10.2. The number of aliphatic hydroxyl groups is 1. The molecule has 4 atom stereocenters. The summed E-state index contributed by atoms with van der Waals surface area (Å²) >= 11 is 0. The molecular formula is C64H91N11O19. The Morgan fingerprint density at radius 1 is 0.766 bits per heavy atom. The fourth-order valence-corrected chi connectivity index (χ4v) is 10.2. The summed E-state index contributed by atoms with van der Waals surface area (Å²) in [6.45, 7) is 14.2. The number of esters is 1. The second-order valence-corrected chi connectivity index (χ2v) is 22.4. The van der Waals surface area contributed by atoms with Crippen LogP contribution in [0.15, 0.2) is 58.4 Å². The van der Waals surface area contributed by atoms with Gasteiger partial charge in [0.05, 0.1) is 148 Å². The van der Waals surface area contributed by atoms with Crippen LogP contribution in [-0.4, -0.2) is 213 Å². The van der Waals surface area contributed by atoms with Crippen LogP contribution in [0, 0.1) is 5.92 Å². The number of nitrogens with zero attached hydrogens (tertiary/aromatic N) is 6. The van der Waals surface area contributed by atoms with Gasteiger partial charge in [0.15, 0.2) is 5.60 Å². The number of amides is 6. The summed E-state index contributed by atoms with van der Waals surface area (Å²) in [4.78, 5) is 102. The number of aromatic nitrogens is 2. The number of nitrogens with one attached hydrogen (secondary N) is 4. The number of anilines is 1. The maximum Gasteiger partial charge on any atom is 0.343 e. The lowest BCUT2D eigenvalue weighted by atomic mass is 9.86. The minimum atomic E-state index is -1.97. The predicted molar refractivity (Wildman–Crippen MR) is 343 cm³/mol. The average molecular weight is 1320 g/mol. The highest BCUT2D eigenvalue weighted by Gasteiger charge is 2.45. The maximum absolute atomic E-state index is 14.0. The third kappa shape index (κ3) is 22.7. The van der Waals surface area contributed by atoms with E-state index in [-0.39, 0.29) is 93.7 Å². The molecule has 7 N–H and O–H groups in total. The quantitative estimate of drug-likeness (QED) is 0.0106. The van der Waals surface area contributed by atoms with Crippen molar-refractivity contribution in [1.29, 1.82) is 0 Å². The summed E-state index contributed by atoms with van der Waals surface area (Å²) in [7, 11) is 3.21. The van der Waals surface area contributed by atoms with Crippen molar-refractivity contribution in [1.82, 2.24) is 30.4 Å². The van der Waals surface area contributed by atoms with E-state index in [0.717, 1.165) is 16.5 Å². The summed E-state index contributed by atoms with van der Waals surface area (Å²) in [5.74, 6) is -2.82. The van der Waals surface area contributed by atoms with Crippen molar-refractivity contribution in [3.05, 3.63) is 97.1 Å². The molecule has 6 rings (SSSR count). The number of fused-ring (bicyclic) bond motifs is 5. The molecule has 1 unspecified atom stereocenters. The number of nitrogens with two attached hydrogens (primary N) is 1. The number of hydrogen-bond acceptors (Lipinski definition) is 21. The average Bonchev–Trinajstić information content (AvgIpc) is 1.51. The first kappa shape index (κ1) is 75.2. The predicted octanol–water partition coefficient (Wildman–Crippen LogP) is 3.71. The van der Waals surface area contributed by atoms with E-state index in [2.05, 4.69) is 31.3 Å². The van der Waals surface area contributed by atoms with Crippen LogP contribution in [0.1, 0.15) is 87.3 Å². The van der Waals surface area contributed by atoms with Crippen molar-refractivity contribution in [2.24, 2.45) is 16.8 Å². The molecule has 2 aliphatic heterocycles. The molecule has 94 heavy (non-hydrogen) atoms. The van der Waals surface area contributed by atoms with Gasteiger partial charge in [0, 0.05) is 66.3 Å². The van der Waals surface area contributed by atoms with Gasteiger partial charge >= 0.3 is 12.0 Å². The number of hydrogen-bond donors (Lipinski definition) is 6. The van der Waals surface area contributed by atoms with Gasteiger partial charge < -0.3 is 93.7 Å². The third-order valence-electron chi connectivity index (χ3n) is 15.2. The van der Waals surface area contributed by atoms with E-state index in [1.54, 1.807) is 81.9 Å². The largest absolute Gasteiger partial charge is 0.476 e. The first-order chi connectivity index (χ1) is 45.4. The Morgan fingerprint density at radius 3 is 1.85 bits per heavy atom. The standard InChI is InChI=1S/C64H91N11O19/c1-7-46-47-38-45(15-16-51(47)70-56-48(46)40-75-53(56)39-50-49(60(75)79)41-93-62(81)64(50,83)8-2)94-57(61(80)74(5)6)43-11-13-44(14-12-43)69-58(77)52(10-9-18-67-63(65)82)71-59(78)55(42(3)4)72-54(76)17-20-84-22-24-86-26-28-88-30-32-90-34-36-92-37-35-91-33-31-89-29-27-87-25-23-85-21-19-68-73-66/h11-16,38-39,42,52,55,57,83H,7-10,17-37,40-41H2,1-6H3,(H,69,77)(H,71,78)(H,72,76)(H3,65,67,82)/t52-,55-,57?,64-/m0/s1. The van der Waals surface area contributed by atoms with Crippen LogP contribution in [-0.2, 0) is 96.5 Å². The number of aryl methyl sites for hydroxylation is 1. The van der Waals surface area contributed by atoms with E-state index in [0.29, 0.717) is 146 Å². The zero-order valence-electron chi connectivity index (χ0n) is 54.6. The van der Waals surface area contributed by atoms with Gasteiger partial charge in [-0.2, -0.15) is 0 Å². The molecule has 0 aliphatic carbocycles. The number of carbonyl (C=O) groups excluding carboxylic acids is 6. The van der Waals surface area contributed by atoms with Gasteiger partial charge in [0.25, 0.3) is 11.5 Å². The van der Waals surface area contributed by atoms with E-state index >= 15 is 0 Å². The van der Waals surface area contributed by atoms with Gasteiger partial charge in [0.2, 0.25) is 23.8 Å². The van der Waals surface area contributed by atoms with Gasteiger partial charge in [-0.05, 0) is 79.1 Å². The number of cyclic esters (lactones) is 1. The van der Waals surface area contributed by atoms with E-state index in [9.17, 15) is 38.7 Å². The van der Waals surface area contributed by atoms with E-state index < -0.39 is 53.5 Å². The van der Waals surface area contributed by atoms with Crippen LogP contribution in [0.5, 0.6) is 5.75 Å². The topological polar surface area (TPSA) is 385 Å². The maximum atomic E-state index is 14.0. The lowest BCUT2D eigenvalue weighted by molar-refractivity contribution is -0.172. The Balaban J connectivity index is 0.902. The molecule has 2 aliphatic rings. The van der Waals surface area contributed by atoms with Crippen LogP contribution in [0.2, 0.25) is 0 Å². The van der Waals surface area contributed by atoms with Gasteiger partial charge in [-0.25, -0.2) is 14.6 Å². The van der Waals surface area contributed by atoms with Crippen molar-refractivity contribution in [2.45, 2.75) is 96.7 Å². The molecule has 2 aromatic carbocycles. The number of benzene rings is 2. The van der Waals surface area contributed by atoms with E-state index in [4.69, 9.17) is 68.4 Å². The Labute approximate surface area is 546 Å². The first-order valence-corrected chi connectivity index (χ1v) is 31.7. The molecule has 4 heterocycles. The Bertz CT molecular complexity index is 3240. The van der Waals surface area contributed by atoms with Gasteiger partial charge in [0.1, 0.15) is 24.4 Å². The fraction of sp³-hybridized carbons (Fsp3) is 0.594. The highest BCUT2D eigenvalue weighted by molar-refractivity contribution is 5.98. The number of rotatable bonds is 46. The Kier molecular flexibility index (Phi) is 31.8. The van der Waals surface area contributed by atoms with Crippen molar-refractivity contribution in [3.8, 4) is 17.1 Å². The molecule has 516 valence electrons. The highest BCUT2D eigenvalue weighted by atomic mass is 16.6. The monoisotopic (exact) mass is 1320 g/mol. The molecule has 0 fully saturated rings. The first-order valence-electron chi connectivity index (χ1n) is 31.7. The number of likely N-dealkylation sites (N-methyl/N-ethyl adjacent to an activating group) is 1. The lowest BCUT2D eigenvalue weighted by Gasteiger charge is -2.31. The van der Waals surface area contributed by atoms with Crippen molar-refractivity contribution in [3.63, 3.8) is 0 Å². The SMILES string of the molecule is CCc1c2c(nc3ccc(OC(C(=O)N(C)C)c4ccc(NC(=O)[C@H](CCCNC(N)=O)NC(=O)[C@@H](NC(=O)CCOCCOCCOCCOCCOCCOCCOCCOCCOCCN=[N+]=[N-])C(C)C)cc4)cc13)-c1cc3c(c(=O)n1C2)COC(=O)[C@]3(O)CC. The summed E-state index contributed by atoms with van der Waals surface area (Å²) in [5.41, 5.74) is 15.8. The molecule has 0 bridgehead atoms. The molecule has 6 amide bonds. The van der Waals surface area contributed by atoms with Crippen LogP contribution < -0.4 is 37.3 Å². The highest BCUT2D eigenvalue weighted by Crippen LogP contribution is 2.41. The van der Waals surface area contributed by atoms with Crippen molar-refractivity contribution < 1.29 is 86.0 Å². The van der Waals surface area contributed by atoms with Crippen LogP contribution >= 0.6 is 0 Å². The number of azide groups is 1. The normalized spacial score (nSPS) is 14.8. The summed E-state index contributed by atoms with van der Waals surface area (Å²) < 4.78 is 62.6. The molecule has 30 nitrogen and oxygen atoms in total. The number of ether oxygens (including phenoxy) is 11. The summed E-state index contributed by atoms with van der Waals surface area (Å²) in [6, 6.07) is 10.5. The molecule has 0 saturated heterocycles. The molecule has 0 radical (unpaired) electrons. The zero-order valence-corrected chi connectivity index (χ0v) is 54.6. The molecule has 2 aromatic heterocycles. The van der Waals surface area contributed by atoms with Crippen LogP contribution in [0.25, 0.3) is 32.7 Å². The van der Waals surface area contributed by atoms with E-state index in [1.807, 2.05) is 13.0 Å². The summed E-state index contributed by atoms with van der Waals surface area (Å²) in [6.07, 6.45) is -0.264. The van der Waals surface area contributed by atoms with Crippen LogP contribution in [0.4, 0.5) is 10.5 Å². The smallest absolute Gasteiger partial charge is 0.343 e. The van der Waals surface area contributed by atoms with E-state index in [1.165, 1.54) is 4.90 Å². The molecule has 4 aromatic rings. The minimum absolute atomic E-state index is 0.0176. The van der Waals surface area contributed by atoms with Crippen molar-refractivity contribution >= 4 is 52.2 Å². The number of pyridine rings is 2.